The van der Waals surface area contributed by atoms with E-state index in [1.54, 1.807) is 18.2 Å². The fourth-order valence-corrected chi connectivity index (χ4v) is 2.01. The number of ether oxygens (including phenoxy) is 3. The molecule has 128 valence electrons. The van der Waals surface area contributed by atoms with E-state index in [9.17, 15) is 9.59 Å². The normalized spacial score (nSPS) is 9.96. The SMILES string of the molecule is COc1cc(NC(=O)CNC(=O)c2ccco2)cc(OC)c1OC. The fraction of sp³-hybridized carbons (Fsp3) is 0.250. The number of hydrogen-bond donors (Lipinski definition) is 2. The van der Waals surface area contributed by atoms with E-state index in [0.29, 0.717) is 22.9 Å². The third-order valence-electron chi connectivity index (χ3n) is 3.10. The van der Waals surface area contributed by atoms with E-state index in [1.165, 1.54) is 33.7 Å². The lowest BCUT2D eigenvalue weighted by Gasteiger charge is -2.14. The summed E-state index contributed by atoms with van der Waals surface area (Å²) >= 11 is 0. The number of amides is 2. The number of benzene rings is 1. The fourth-order valence-electron chi connectivity index (χ4n) is 2.01. The molecule has 2 rings (SSSR count). The molecule has 0 saturated carbocycles. The van der Waals surface area contributed by atoms with Gasteiger partial charge in [0.25, 0.3) is 5.91 Å². The molecular formula is C16H18N2O6. The number of nitrogens with one attached hydrogen (secondary N) is 2. The van der Waals surface area contributed by atoms with E-state index in [4.69, 9.17) is 18.6 Å². The molecule has 2 N–H and O–H groups in total. The predicted octanol–water partition coefficient (Wildman–Crippen LogP) is 1.67. The summed E-state index contributed by atoms with van der Waals surface area (Å²) in [5, 5.41) is 5.10. The number of anilines is 1. The Morgan fingerprint density at radius 3 is 2.25 bits per heavy atom. The topological polar surface area (TPSA) is 99.0 Å². The van der Waals surface area contributed by atoms with Crippen molar-refractivity contribution in [3.05, 3.63) is 36.3 Å². The number of furan rings is 1. The highest BCUT2D eigenvalue weighted by atomic mass is 16.5. The summed E-state index contributed by atoms with van der Waals surface area (Å²) in [5.41, 5.74) is 0.446. The minimum Gasteiger partial charge on any atom is -0.493 e. The van der Waals surface area contributed by atoms with E-state index in [0.717, 1.165) is 0 Å². The molecule has 8 nitrogen and oxygen atoms in total. The second kappa shape index (κ2) is 7.91. The van der Waals surface area contributed by atoms with Gasteiger partial charge in [0.1, 0.15) is 0 Å². The molecule has 1 aromatic carbocycles. The second-order valence-corrected chi connectivity index (χ2v) is 4.62. The number of rotatable bonds is 7. The van der Waals surface area contributed by atoms with E-state index < -0.39 is 11.8 Å². The van der Waals surface area contributed by atoms with Gasteiger partial charge in [0, 0.05) is 17.8 Å². The molecule has 0 spiro atoms. The molecule has 0 unspecified atom stereocenters. The molecular weight excluding hydrogens is 316 g/mol. The maximum absolute atomic E-state index is 12.0. The quantitative estimate of drug-likeness (QED) is 0.799. The molecule has 1 heterocycles. The van der Waals surface area contributed by atoms with Gasteiger partial charge >= 0.3 is 0 Å². The van der Waals surface area contributed by atoms with Crippen LogP contribution in [0.4, 0.5) is 5.69 Å². The van der Waals surface area contributed by atoms with Crippen molar-refractivity contribution in [2.24, 2.45) is 0 Å². The Balaban J connectivity index is 2.02. The number of carbonyl (C=O) groups excluding carboxylic acids is 2. The van der Waals surface area contributed by atoms with Crippen LogP contribution in [-0.4, -0.2) is 39.7 Å². The molecule has 0 aliphatic heterocycles. The zero-order valence-corrected chi connectivity index (χ0v) is 13.5. The van der Waals surface area contributed by atoms with Gasteiger partial charge in [-0.15, -0.1) is 0 Å². The zero-order valence-electron chi connectivity index (χ0n) is 13.5. The van der Waals surface area contributed by atoms with Crippen LogP contribution in [0.2, 0.25) is 0 Å². The Hall–Kier alpha value is -3.16. The van der Waals surface area contributed by atoms with Crippen LogP contribution in [0.15, 0.2) is 34.9 Å². The van der Waals surface area contributed by atoms with E-state index >= 15 is 0 Å². The first kappa shape index (κ1) is 17.2. The molecule has 0 atom stereocenters. The van der Waals surface area contributed by atoms with Crippen molar-refractivity contribution < 1.29 is 28.2 Å². The maximum atomic E-state index is 12.0. The van der Waals surface area contributed by atoms with Crippen LogP contribution in [0.5, 0.6) is 17.2 Å². The number of methoxy groups -OCH3 is 3. The summed E-state index contributed by atoms with van der Waals surface area (Å²) < 4.78 is 20.6. The van der Waals surface area contributed by atoms with Gasteiger partial charge in [-0.3, -0.25) is 9.59 Å². The Morgan fingerprint density at radius 1 is 1.08 bits per heavy atom. The highest BCUT2D eigenvalue weighted by Gasteiger charge is 2.15. The van der Waals surface area contributed by atoms with Crippen molar-refractivity contribution >= 4 is 17.5 Å². The molecule has 0 aliphatic rings. The van der Waals surface area contributed by atoms with E-state index in [2.05, 4.69) is 10.6 Å². The summed E-state index contributed by atoms with van der Waals surface area (Å²) in [6.07, 6.45) is 1.38. The first-order chi connectivity index (χ1) is 11.6. The van der Waals surface area contributed by atoms with Crippen molar-refractivity contribution in [2.75, 3.05) is 33.2 Å². The van der Waals surface area contributed by atoms with Gasteiger partial charge in [0.2, 0.25) is 11.7 Å². The molecule has 0 radical (unpaired) electrons. The van der Waals surface area contributed by atoms with E-state index in [-0.39, 0.29) is 12.3 Å². The first-order valence-corrected chi connectivity index (χ1v) is 7.00. The summed E-state index contributed by atoms with van der Waals surface area (Å²) in [5.74, 6) is 0.488. The van der Waals surface area contributed by atoms with Gasteiger partial charge in [0.05, 0.1) is 34.1 Å². The molecule has 2 aromatic rings. The van der Waals surface area contributed by atoms with Crippen molar-refractivity contribution in [1.82, 2.24) is 5.32 Å². The maximum Gasteiger partial charge on any atom is 0.287 e. The van der Waals surface area contributed by atoms with Gasteiger partial charge in [-0.05, 0) is 12.1 Å². The lowest BCUT2D eigenvalue weighted by molar-refractivity contribution is -0.115. The standard InChI is InChI=1S/C16H18N2O6/c1-21-12-7-10(8-13(22-2)15(12)23-3)18-14(19)9-17-16(20)11-5-4-6-24-11/h4-8H,9H2,1-3H3,(H,17,20)(H,18,19). The highest BCUT2D eigenvalue weighted by molar-refractivity contribution is 5.98. The van der Waals surface area contributed by atoms with Gasteiger partial charge in [-0.1, -0.05) is 0 Å². The molecule has 0 fully saturated rings. The lowest BCUT2D eigenvalue weighted by Crippen LogP contribution is -2.32. The lowest BCUT2D eigenvalue weighted by atomic mass is 10.2. The van der Waals surface area contributed by atoms with Gasteiger partial charge < -0.3 is 29.3 Å². The molecule has 0 aliphatic carbocycles. The number of carbonyl (C=O) groups is 2. The largest absolute Gasteiger partial charge is 0.493 e. The van der Waals surface area contributed by atoms with Crippen molar-refractivity contribution in [3.8, 4) is 17.2 Å². The third kappa shape index (κ3) is 3.97. The number of hydrogen-bond acceptors (Lipinski definition) is 6. The third-order valence-corrected chi connectivity index (χ3v) is 3.10. The minimum absolute atomic E-state index is 0.135. The Kier molecular flexibility index (Phi) is 5.67. The van der Waals surface area contributed by atoms with Gasteiger partial charge in [-0.25, -0.2) is 0 Å². The molecule has 8 heteroatoms. The summed E-state index contributed by atoms with van der Waals surface area (Å²) in [6, 6.07) is 6.28. The van der Waals surface area contributed by atoms with Crippen LogP contribution in [0.3, 0.4) is 0 Å². The first-order valence-electron chi connectivity index (χ1n) is 7.00. The van der Waals surface area contributed by atoms with Crippen molar-refractivity contribution in [1.29, 1.82) is 0 Å². The summed E-state index contributed by atoms with van der Waals surface area (Å²) in [6.45, 7) is -0.212. The smallest absolute Gasteiger partial charge is 0.287 e. The Morgan fingerprint density at radius 2 is 1.75 bits per heavy atom. The van der Waals surface area contributed by atoms with Crippen LogP contribution in [-0.2, 0) is 4.79 Å². The van der Waals surface area contributed by atoms with Crippen LogP contribution in [0, 0.1) is 0 Å². The zero-order chi connectivity index (χ0) is 17.5. The van der Waals surface area contributed by atoms with E-state index in [1.807, 2.05) is 0 Å². The second-order valence-electron chi connectivity index (χ2n) is 4.62. The molecule has 2 amide bonds. The molecule has 24 heavy (non-hydrogen) atoms. The van der Waals surface area contributed by atoms with Crippen molar-refractivity contribution in [3.63, 3.8) is 0 Å². The van der Waals surface area contributed by atoms with Crippen LogP contribution < -0.4 is 24.8 Å². The summed E-state index contributed by atoms with van der Waals surface area (Å²) in [7, 11) is 4.45. The van der Waals surface area contributed by atoms with Gasteiger partial charge in [-0.2, -0.15) is 0 Å². The Bertz CT molecular complexity index is 686. The minimum atomic E-state index is -0.472. The average Bonchev–Trinajstić information content (AvgIpc) is 3.13. The molecule has 1 aromatic heterocycles. The average molecular weight is 334 g/mol. The monoisotopic (exact) mass is 334 g/mol. The highest BCUT2D eigenvalue weighted by Crippen LogP contribution is 2.39. The predicted molar refractivity (Wildman–Crippen MR) is 85.8 cm³/mol. The van der Waals surface area contributed by atoms with Crippen molar-refractivity contribution in [2.45, 2.75) is 0 Å². The Labute approximate surface area is 138 Å². The van der Waals surface area contributed by atoms with Crippen LogP contribution in [0.25, 0.3) is 0 Å². The van der Waals surface area contributed by atoms with Crippen LogP contribution in [0.1, 0.15) is 10.6 Å². The molecule has 0 saturated heterocycles. The molecule has 0 bridgehead atoms. The summed E-state index contributed by atoms with van der Waals surface area (Å²) in [4.78, 5) is 23.7. The van der Waals surface area contributed by atoms with Gasteiger partial charge in [0.15, 0.2) is 17.3 Å². The van der Waals surface area contributed by atoms with Crippen LogP contribution >= 0.6 is 0 Å².